The molecule has 0 fully saturated rings. The highest BCUT2D eigenvalue weighted by molar-refractivity contribution is 5.98. The van der Waals surface area contributed by atoms with Gasteiger partial charge in [0, 0.05) is 16.9 Å². The van der Waals surface area contributed by atoms with Crippen LogP contribution < -0.4 is 9.47 Å². The number of ether oxygens (including phenoxy) is 4. The second kappa shape index (κ2) is 15.0. The van der Waals surface area contributed by atoms with Crippen molar-refractivity contribution in [3.8, 4) is 11.5 Å². The van der Waals surface area contributed by atoms with Crippen LogP contribution in [0.2, 0.25) is 0 Å². The second-order valence-electron chi connectivity index (χ2n) is 11.6. The van der Waals surface area contributed by atoms with Crippen molar-refractivity contribution in [3.05, 3.63) is 71.8 Å². The highest BCUT2D eigenvalue weighted by atomic mass is 16.6. The van der Waals surface area contributed by atoms with Crippen molar-refractivity contribution in [1.29, 1.82) is 0 Å². The molecule has 0 saturated heterocycles. The molecule has 2 rings (SSSR count). The third-order valence-electron chi connectivity index (χ3n) is 7.40. The number of rotatable bonds is 16. The molecular formula is C34H48O6. The van der Waals surface area contributed by atoms with Crippen LogP contribution in [0.25, 0.3) is 0 Å². The molecule has 40 heavy (non-hydrogen) atoms. The highest BCUT2D eigenvalue weighted by Gasteiger charge is 2.24. The van der Waals surface area contributed by atoms with Gasteiger partial charge < -0.3 is 18.9 Å². The minimum atomic E-state index is -0.557. The number of esters is 1. The molecule has 0 amide bonds. The normalized spacial score (nSPS) is 14.4. The van der Waals surface area contributed by atoms with Crippen LogP contribution in [0.3, 0.4) is 0 Å². The summed E-state index contributed by atoms with van der Waals surface area (Å²) < 4.78 is 23.0. The van der Waals surface area contributed by atoms with Gasteiger partial charge in [0.2, 0.25) is 0 Å². The first kappa shape index (κ1) is 33.1. The van der Waals surface area contributed by atoms with Crippen molar-refractivity contribution in [2.45, 2.75) is 98.9 Å². The molecule has 2 aromatic rings. The second-order valence-corrected chi connectivity index (χ2v) is 11.6. The van der Waals surface area contributed by atoms with Crippen LogP contribution in [0.1, 0.15) is 86.3 Å². The summed E-state index contributed by atoms with van der Waals surface area (Å²) in [7, 11) is 0. The first-order chi connectivity index (χ1) is 18.8. The van der Waals surface area contributed by atoms with Gasteiger partial charge in [0.05, 0.1) is 12.2 Å². The van der Waals surface area contributed by atoms with Crippen LogP contribution in [-0.2, 0) is 24.5 Å². The SMILES string of the molecule is CCC(C)OC(C)COc1ccc(C(C)(C)c2ccc(OCC(C)OC(=O)/C=C/C(=O)C(C)(C)CC)cc2)cc1. The maximum absolute atomic E-state index is 12.2. The lowest BCUT2D eigenvalue weighted by molar-refractivity contribution is -0.143. The quantitative estimate of drug-likeness (QED) is 0.159. The van der Waals surface area contributed by atoms with Gasteiger partial charge in [-0.05, 0) is 75.1 Å². The molecule has 3 atom stereocenters. The predicted octanol–water partition coefficient (Wildman–Crippen LogP) is 7.47. The van der Waals surface area contributed by atoms with E-state index < -0.39 is 17.5 Å². The van der Waals surface area contributed by atoms with Crippen molar-refractivity contribution in [2.75, 3.05) is 13.2 Å². The summed E-state index contributed by atoms with van der Waals surface area (Å²) >= 11 is 0. The van der Waals surface area contributed by atoms with E-state index in [1.165, 1.54) is 17.7 Å². The maximum Gasteiger partial charge on any atom is 0.331 e. The summed E-state index contributed by atoms with van der Waals surface area (Å²) in [5.74, 6) is 0.860. The molecule has 6 nitrogen and oxygen atoms in total. The number of carbonyl (C=O) groups is 2. The monoisotopic (exact) mass is 552 g/mol. The molecule has 0 bridgehead atoms. The van der Waals surface area contributed by atoms with Gasteiger partial charge >= 0.3 is 5.97 Å². The van der Waals surface area contributed by atoms with Gasteiger partial charge in [0.1, 0.15) is 30.8 Å². The van der Waals surface area contributed by atoms with Gasteiger partial charge in [-0.1, -0.05) is 65.8 Å². The predicted molar refractivity (Wildman–Crippen MR) is 160 cm³/mol. The van der Waals surface area contributed by atoms with Gasteiger partial charge in [-0.3, -0.25) is 4.79 Å². The van der Waals surface area contributed by atoms with Crippen molar-refractivity contribution in [3.63, 3.8) is 0 Å². The van der Waals surface area contributed by atoms with E-state index in [0.717, 1.165) is 17.7 Å². The molecule has 0 radical (unpaired) electrons. The van der Waals surface area contributed by atoms with Crippen molar-refractivity contribution < 1.29 is 28.5 Å². The molecule has 0 aliphatic heterocycles. The molecule has 6 heteroatoms. The third kappa shape index (κ3) is 10.1. The van der Waals surface area contributed by atoms with E-state index in [9.17, 15) is 9.59 Å². The lowest BCUT2D eigenvalue weighted by Crippen LogP contribution is -2.23. The Morgan fingerprint density at radius 3 is 1.65 bits per heavy atom. The number of carbonyl (C=O) groups excluding carboxylic acids is 2. The standard InChI is InChI=1S/C34H48O6/c1-10-24(3)39-25(4)22-37-29-16-12-27(13-17-29)34(8,9)28-14-18-30(19-15-28)38-23-26(5)40-32(36)21-20-31(35)33(6,7)11-2/h12-21,24-26H,10-11,22-23H2,1-9H3/b21-20+. The van der Waals surface area contributed by atoms with Crippen LogP contribution >= 0.6 is 0 Å². The molecular weight excluding hydrogens is 504 g/mol. The van der Waals surface area contributed by atoms with E-state index >= 15 is 0 Å². The molecule has 0 N–H and O–H groups in total. The van der Waals surface area contributed by atoms with Gasteiger partial charge in [-0.15, -0.1) is 0 Å². The van der Waals surface area contributed by atoms with Gasteiger partial charge in [-0.2, -0.15) is 0 Å². The maximum atomic E-state index is 12.2. The van der Waals surface area contributed by atoms with Gasteiger partial charge in [-0.25, -0.2) is 4.79 Å². The zero-order chi connectivity index (χ0) is 29.9. The van der Waals surface area contributed by atoms with E-state index in [-0.39, 0.29) is 30.0 Å². The number of hydrogen-bond acceptors (Lipinski definition) is 6. The average molecular weight is 553 g/mol. The minimum absolute atomic E-state index is 0.0348. The Hall–Kier alpha value is -3.12. The first-order valence-corrected chi connectivity index (χ1v) is 14.3. The Morgan fingerprint density at radius 1 is 0.725 bits per heavy atom. The fourth-order valence-electron chi connectivity index (χ4n) is 3.88. The highest BCUT2D eigenvalue weighted by Crippen LogP contribution is 2.33. The van der Waals surface area contributed by atoms with Crippen molar-refractivity contribution in [1.82, 2.24) is 0 Å². The Bertz CT molecular complexity index is 1100. The van der Waals surface area contributed by atoms with Crippen molar-refractivity contribution >= 4 is 11.8 Å². The van der Waals surface area contributed by atoms with E-state index in [1.807, 2.05) is 64.1 Å². The van der Waals surface area contributed by atoms with Crippen molar-refractivity contribution in [2.24, 2.45) is 5.41 Å². The third-order valence-corrected chi connectivity index (χ3v) is 7.40. The number of benzene rings is 2. The Morgan fingerprint density at radius 2 is 1.20 bits per heavy atom. The zero-order valence-electron chi connectivity index (χ0n) is 25.8. The molecule has 0 aliphatic carbocycles. The Balaban J connectivity index is 1.88. The number of ketones is 1. The number of allylic oxidation sites excluding steroid dienone is 1. The fraction of sp³-hybridized carbons (Fsp3) is 0.529. The van der Waals surface area contributed by atoms with E-state index in [0.29, 0.717) is 18.8 Å². The summed E-state index contributed by atoms with van der Waals surface area (Å²) in [6, 6.07) is 16.1. The molecule has 0 heterocycles. The van der Waals surface area contributed by atoms with Gasteiger partial charge in [0.15, 0.2) is 5.78 Å². The van der Waals surface area contributed by atoms with Gasteiger partial charge in [0.25, 0.3) is 0 Å². The minimum Gasteiger partial charge on any atom is -0.491 e. The molecule has 0 spiro atoms. The lowest BCUT2D eigenvalue weighted by Gasteiger charge is -2.27. The van der Waals surface area contributed by atoms with Crippen LogP contribution in [0.5, 0.6) is 11.5 Å². The Kier molecular flexibility index (Phi) is 12.4. The first-order valence-electron chi connectivity index (χ1n) is 14.3. The zero-order valence-corrected chi connectivity index (χ0v) is 25.8. The average Bonchev–Trinajstić information content (AvgIpc) is 2.93. The van der Waals surface area contributed by atoms with Crippen LogP contribution in [0.4, 0.5) is 0 Å². The van der Waals surface area contributed by atoms with Crippen LogP contribution in [0.15, 0.2) is 60.7 Å². The smallest absolute Gasteiger partial charge is 0.331 e. The fourth-order valence-corrected chi connectivity index (χ4v) is 3.88. The molecule has 0 saturated carbocycles. The Labute approximate surface area is 241 Å². The summed E-state index contributed by atoms with van der Waals surface area (Å²) in [6.07, 6.45) is 3.96. The largest absolute Gasteiger partial charge is 0.491 e. The van der Waals surface area contributed by atoms with E-state index in [2.05, 4.69) is 39.8 Å². The molecule has 220 valence electrons. The topological polar surface area (TPSA) is 71.1 Å². The molecule has 2 aromatic carbocycles. The number of hydrogen-bond donors (Lipinski definition) is 0. The summed E-state index contributed by atoms with van der Waals surface area (Å²) in [6.45, 7) is 18.7. The summed E-state index contributed by atoms with van der Waals surface area (Å²) in [4.78, 5) is 24.2. The van der Waals surface area contributed by atoms with Crippen LogP contribution in [-0.4, -0.2) is 43.3 Å². The molecule has 3 unspecified atom stereocenters. The molecule has 0 aromatic heterocycles. The summed E-state index contributed by atoms with van der Waals surface area (Å²) in [5.41, 5.74) is 1.61. The lowest BCUT2D eigenvalue weighted by atomic mass is 9.78. The van der Waals surface area contributed by atoms with Crippen LogP contribution in [0, 0.1) is 5.41 Å². The molecule has 0 aliphatic rings. The van der Waals surface area contributed by atoms with E-state index in [1.54, 1.807) is 6.92 Å². The van der Waals surface area contributed by atoms with E-state index in [4.69, 9.17) is 18.9 Å². The summed E-state index contributed by atoms with van der Waals surface area (Å²) in [5, 5.41) is 0.